The number of nitrogens with zero attached hydrogens (tertiary/aromatic N) is 2. The zero-order valence-corrected chi connectivity index (χ0v) is 17.3. The van der Waals surface area contributed by atoms with Gasteiger partial charge in [-0.1, -0.05) is 30.3 Å². The third kappa shape index (κ3) is 6.89. The Morgan fingerprint density at radius 3 is 3.00 bits per heavy atom. The summed E-state index contributed by atoms with van der Waals surface area (Å²) >= 11 is 1.65. The standard InChI is InChI=1S/C21H30N4O2S/c1-2-22-21(23-10-6-11-26-14-17-9-12-27-15-17)24-13-20-25-19(16-28-20)18-7-4-3-5-8-18/h3-5,7-8,16-17H,2,6,9-15H2,1H3,(H2,22,23,24). The molecule has 2 N–H and O–H groups in total. The second-order valence-corrected chi connectivity index (χ2v) is 7.72. The predicted octanol–water partition coefficient (Wildman–Crippen LogP) is 3.31. The Hall–Kier alpha value is -1.96. The van der Waals surface area contributed by atoms with Gasteiger partial charge in [-0.3, -0.25) is 0 Å². The first-order valence-electron chi connectivity index (χ1n) is 10.0. The van der Waals surface area contributed by atoms with Crippen molar-refractivity contribution in [2.45, 2.75) is 26.3 Å². The summed E-state index contributed by atoms with van der Waals surface area (Å²) in [5.74, 6) is 1.40. The molecule has 1 aliphatic heterocycles. The maximum atomic E-state index is 5.74. The molecule has 1 fully saturated rings. The molecule has 2 aromatic rings. The van der Waals surface area contributed by atoms with Gasteiger partial charge in [-0.05, 0) is 19.8 Å². The molecular formula is C21H30N4O2S. The summed E-state index contributed by atoms with van der Waals surface area (Å²) < 4.78 is 11.1. The molecular weight excluding hydrogens is 372 g/mol. The molecule has 1 aromatic heterocycles. The van der Waals surface area contributed by atoms with Crippen LogP contribution in [-0.4, -0.2) is 50.5 Å². The summed E-state index contributed by atoms with van der Waals surface area (Å²) in [5.41, 5.74) is 2.15. The summed E-state index contributed by atoms with van der Waals surface area (Å²) in [5, 5.41) is 9.76. The first kappa shape index (κ1) is 20.8. The van der Waals surface area contributed by atoms with Crippen LogP contribution in [0.3, 0.4) is 0 Å². The molecule has 1 atom stereocenters. The predicted molar refractivity (Wildman–Crippen MR) is 115 cm³/mol. The zero-order valence-electron chi connectivity index (χ0n) is 16.5. The highest BCUT2D eigenvalue weighted by atomic mass is 32.1. The molecule has 28 heavy (non-hydrogen) atoms. The number of hydrogen-bond acceptors (Lipinski definition) is 5. The number of guanidine groups is 1. The highest BCUT2D eigenvalue weighted by molar-refractivity contribution is 7.09. The van der Waals surface area contributed by atoms with Crippen molar-refractivity contribution in [1.82, 2.24) is 15.6 Å². The van der Waals surface area contributed by atoms with Gasteiger partial charge < -0.3 is 20.1 Å². The number of aliphatic imine (C=N–C) groups is 1. The Bertz CT molecular complexity index is 714. The Morgan fingerprint density at radius 1 is 1.32 bits per heavy atom. The van der Waals surface area contributed by atoms with Crippen molar-refractivity contribution in [2.75, 3.05) is 39.5 Å². The van der Waals surface area contributed by atoms with E-state index < -0.39 is 0 Å². The van der Waals surface area contributed by atoms with Crippen LogP contribution >= 0.6 is 11.3 Å². The number of benzene rings is 1. The minimum absolute atomic E-state index is 0.574. The van der Waals surface area contributed by atoms with Crippen LogP contribution in [0.1, 0.15) is 24.8 Å². The fraction of sp³-hybridized carbons (Fsp3) is 0.524. The van der Waals surface area contributed by atoms with Gasteiger partial charge in [-0.15, -0.1) is 11.3 Å². The molecule has 1 aromatic carbocycles. The van der Waals surface area contributed by atoms with Gasteiger partial charge in [0.1, 0.15) is 5.01 Å². The summed E-state index contributed by atoms with van der Waals surface area (Å²) in [6.07, 6.45) is 2.08. The fourth-order valence-electron chi connectivity index (χ4n) is 2.96. The van der Waals surface area contributed by atoms with Gasteiger partial charge in [0.25, 0.3) is 0 Å². The summed E-state index contributed by atoms with van der Waals surface area (Å²) in [6.45, 7) is 7.60. The summed E-state index contributed by atoms with van der Waals surface area (Å²) in [6, 6.07) is 10.2. The maximum Gasteiger partial charge on any atom is 0.191 e. The lowest BCUT2D eigenvalue weighted by atomic mass is 10.1. The number of thiazole rings is 1. The Balaban J connectivity index is 1.39. The van der Waals surface area contributed by atoms with Crippen LogP contribution in [0.5, 0.6) is 0 Å². The van der Waals surface area contributed by atoms with E-state index in [1.165, 1.54) is 0 Å². The largest absolute Gasteiger partial charge is 0.381 e. The van der Waals surface area contributed by atoms with Crippen molar-refractivity contribution in [3.63, 3.8) is 0 Å². The smallest absolute Gasteiger partial charge is 0.191 e. The second-order valence-electron chi connectivity index (χ2n) is 6.77. The van der Waals surface area contributed by atoms with Crippen molar-refractivity contribution >= 4 is 17.3 Å². The maximum absolute atomic E-state index is 5.74. The van der Waals surface area contributed by atoms with Crippen molar-refractivity contribution in [3.8, 4) is 11.3 Å². The van der Waals surface area contributed by atoms with Crippen molar-refractivity contribution in [2.24, 2.45) is 10.9 Å². The monoisotopic (exact) mass is 402 g/mol. The number of nitrogens with one attached hydrogen (secondary N) is 2. The first-order chi connectivity index (χ1) is 13.8. The normalized spacial score (nSPS) is 17.0. The van der Waals surface area contributed by atoms with Crippen LogP contribution in [0.4, 0.5) is 0 Å². The van der Waals surface area contributed by atoms with E-state index in [2.05, 4.69) is 40.1 Å². The molecule has 0 saturated carbocycles. The molecule has 0 aliphatic carbocycles. The van der Waals surface area contributed by atoms with Crippen LogP contribution in [0, 0.1) is 5.92 Å². The topological polar surface area (TPSA) is 67.8 Å². The number of rotatable bonds is 10. The second kappa shape index (κ2) is 11.8. The lowest BCUT2D eigenvalue weighted by Gasteiger charge is -2.12. The average Bonchev–Trinajstić information content (AvgIpc) is 3.41. The molecule has 7 heteroatoms. The summed E-state index contributed by atoms with van der Waals surface area (Å²) in [4.78, 5) is 9.35. The van der Waals surface area contributed by atoms with E-state index in [0.717, 1.165) is 74.6 Å². The fourth-order valence-corrected chi connectivity index (χ4v) is 3.69. The van der Waals surface area contributed by atoms with Gasteiger partial charge in [0, 0.05) is 43.2 Å². The van der Waals surface area contributed by atoms with Gasteiger partial charge >= 0.3 is 0 Å². The molecule has 2 heterocycles. The highest BCUT2D eigenvalue weighted by Gasteiger charge is 2.15. The molecule has 152 valence electrons. The Kier molecular flexibility index (Phi) is 8.74. The average molecular weight is 403 g/mol. The number of aromatic nitrogens is 1. The van der Waals surface area contributed by atoms with Crippen molar-refractivity contribution in [3.05, 3.63) is 40.7 Å². The quantitative estimate of drug-likeness (QED) is 0.363. The molecule has 6 nitrogen and oxygen atoms in total. The third-order valence-corrected chi connectivity index (χ3v) is 5.31. The van der Waals surface area contributed by atoms with Crippen LogP contribution < -0.4 is 10.6 Å². The van der Waals surface area contributed by atoms with E-state index in [1.54, 1.807) is 11.3 Å². The van der Waals surface area contributed by atoms with Crippen LogP contribution in [0.2, 0.25) is 0 Å². The molecule has 1 saturated heterocycles. The highest BCUT2D eigenvalue weighted by Crippen LogP contribution is 2.21. The molecule has 1 aliphatic rings. The molecule has 0 radical (unpaired) electrons. The van der Waals surface area contributed by atoms with E-state index in [0.29, 0.717) is 12.5 Å². The molecule has 3 rings (SSSR count). The minimum atomic E-state index is 0.574. The number of ether oxygens (including phenoxy) is 2. The van der Waals surface area contributed by atoms with Crippen molar-refractivity contribution < 1.29 is 9.47 Å². The van der Waals surface area contributed by atoms with Crippen LogP contribution in [-0.2, 0) is 16.0 Å². The van der Waals surface area contributed by atoms with E-state index in [1.807, 2.05) is 18.2 Å². The summed E-state index contributed by atoms with van der Waals surface area (Å²) in [7, 11) is 0. The first-order valence-corrected chi connectivity index (χ1v) is 10.9. The minimum Gasteiger partial charge on any atom is -0.381 e. The van der Waals surface area contributed by atoms with Crippen molar-refractivity contribution in [1.29, 1.82) is 0 Å². The molecule has 1 unspecified atom stereocenters. The van der Waals surface area contributed by atoms with Gasteiger partial charge in [0.15, 0.2) is 5.96 Å². The van der Waals surface area contributed by atoms with E-state index in [-0.39, 0.29) is 0 Å². The van der Waals surface area contributed by atoms with Crippen LogP contribution in [0.25, 0.3) is 11.3 Å². The Labute approximate surface area is 171 Å². The van der Waals surface area contributed by atoms with Gasteiger partial charge in [0.2, 0.25) is 0 Å². The van der Waals surface area contributed by atoms with Gasteiger partial charge in [0.05, 0.1) is 25.5 Å². The third-order valence-electron chi connectivity index (χ3n) is 4.47. The molecule has 0 spiro atoms. The van der Waals surface area contributed by atoms with Gasteiger partial charge in [-0.2, -0.15) is 0 Å². The lowest BCUT2D eigenvalue weighted by Crippen LogP contribution is -2.38. The van der Waals surface area contributed by atoms with Gasteiger partial charge in [-0.25, -0.2) is 9.98 Å². The number of hydrogen-bond donors (Lipinski definition) is 2. The van der Waals surface area contributed by atoms with E-state index in [4.69, 9.17) is 14.5 Å². The lowest BCUT2D eigenvalue weighted by molar-refractivity contribution is 0.0888. The Morgan fingerprint density at radius 2 is 2.21 bits per heavy atom. The van der Waals surface area contributed by atoms with E-state index in [9.17, 15) is 0 Å². The van der Waals surface area contributed by atoms with Crippen LogP contribution in [0.15, 0.2) is 40.7 Å². The molecule has 0 bridgehead atoms. The molecule has 0 amide bonds. The SMILES string of the molecule is CCNC(=NCc1nc(-c2ccccc2)cs1)NCCCOCC1CCOC1. The zero-order chi connectivity index (χ0) is 19.4. The van der Waals surface area contributed by atoms with E-state index >= 15 is 0 Å².